The number of rotatable bonds is 6. The van der Waals surface area contributed by atoms with Crippen molar-refractivity contribution >= 4 is 5.91 Å². The third-order valence-corrected chi connectivity index (χ3v) is 5.74. The Morgan fingerprint density at radius 2 is 2.08 bits per heavy atom. The molecule has 3 saturated carbocycles. The molecular weight excluding hydrogens is 310 g/mol. The molecule has 2 N–H and O–H groups in total. The lowest BCUT2D eigenvalue weighted by molar-refractivity contribution is -0.132. The molecule has 0 aliphatic heterocycles. The summed E-state index contributed by atoms with van der Waals surface area (Å²) < 4.78 is 10.6. The monoisotopic (exact) mass is 335 g/mol. The van der Waals surface area contributed by atoms with E-state index in [-0.39, 0.29) is 29.8 Å². The number of aliphatic hydroxyl groups excluding tert-OH is 1. The minimum absolute atomic E-state index is 0.0496. The van der Waals surface area contributed by atoms with E-state index in [0.29, 0.717) is 24.8 Å². The number of carbonyl (C=O) groups is 1. The Balaban J connectivity index is 1.26. The smallest absolute Gasteiger partial charge is 0.229 e. The van der Waals surface area contributed by atoms with Crippen molar-refractivity contribution in [1.29, 1.82) is 0 Å². The van der Waals surface area contributed by atoms with Crippen molar-refractivity contribution in [2.45, 2.75) is 62.6 Å². The van der Waals surface area contributed by atoms with E-state index in [4.69, 9.17) is 9.26 Å². The highest BCUT2D eigenvalue weighted by Gasteiger charge is 2.39. The number of aliphatic hydroxyl groups is 1. The quantitative estimate of drug-likeness (QED) is 0.814. The van der Waals surface area contributed by atoms with Crippen LogP contribution in [0.4, 0.5) is 0 Å². The minimum atomic E-state index is -0.431. The van der Waals surface area contributed by atoms with Gasteiger partial charge in [0, 0.05) is 37.3 Å². The maximum absolute atomic E-state index is 12.1. The van der Waals surface area contributed by atoms with Crippen molar-refractivity contribution in [2.75, 3.05) is 13.7 Å². The zero-order chi connectivity index (χ0) is 16.7. The lowest BCUT2D eigenvalue weighted by Crippen LogP contribution is -2.43. The predicted molar refractivity (Wildman–Crippen MR) is 84.3 cm³/mol. The van der Waals surface area contributed by atoms with Crippen LogP contribution in [0, 0.1) is 11.8 Å². The molecular formula is C17H25N3O4. The maximum atomic E-state index is 12.1. The van der Waals surface area contributed by atoms with Crippen LogP contribution in [0.2, 0.25) is 0 Å². The van der Waals surface area contributed by atoms with Gasteiger partial charge in [-0.1, -0.05) is 5.16 Å². The molecule has 1 amide bonds. The van der Waals surface area contributed by atoms with E-state index in [1.54, 1.807) is 7.11 Å². The number of hydrogen-bond acceptors (Lipinski definition) is 6. The van der Waals surface area contributed by atoms with Gasteiger partial charge in [0.2, 0.25) is 11.8 Å². The van der Waals surface area contributed by atoms with Crippen molar-refractivity contribution in [3.05, 3.63) is 11.7 Å². The van der Waals surface area contributed by atoms with Gasteiger partial charge in [-0.25, -0.2) is 0 Å². The molecule has 1 aromatic rings. The Kier molecular flexibility index (Phi) is 4.30. The normalized spacial score (nSPS) is 35.7. The van der Waals surface area contributed by atoms with Gasteiger partial charge in [-0.2, -0.15) is 4.98 Å². The first-order chi connectivity index (χ1) is 11.6. The van der Waals surface area contributed by atoms with Gasteiger partial charge >= 0.3 is 0 Å². The van der Waals surface area contributed by atoms with Crippen LogP contribution in [0.3, 0.4) is 0 Å². The van der Waals surface area contributed by atoms with Crippen LogP contribution < -0.4 is 5.32 Å². The second-order valence-electron chi connectivity index (χ2n) is 7.53. The maximum Gasteiger partial charge on any atom is 0.229 e. The summed E-state index contributed by atoms with van der Waals surface area (Å²) in [5.74, 6) is 2.22. The van der Waals surface area contributed by atoms with E-state index in [0.717, 1.165) is 37.9 Å². The summed E-state index contributed by atoms with van der Waals surface area (Å²) in [7, 11) is 1.68. The zero-order valence-electron chi connectivity index (χ0n) is 14.0. The van der Waals surface area contributed by atoms with E-state index < -0.39 is 6.10 Å². The van der Waals surface area contributed by atoms with Gasteiger partial charge in [0.25, 0.3) is 0 Å². The Morgan fingerprint density at radius 1 is 1.29 bits per heavy atom. The molecule has 0 saturated heterocycles. The molecule has 1 aromatic heterocycles. The van der Waals surface area contributed by atoms with E-state index in [2.05, 4.69) is 15.5 Å². The molecule has 0 radical (unpaired) electrons. The molecule has 3 atom stereocenters. The van der Waals surface area contributed by atoms with E-state index in [1.165, 1.54) is 0 Å². The SMILES string of the molecule is COC1CC(C(=O)NC[C@H]2C[C@H](c3nc(C4CC4)no3)C[C@H]2O)C1. The van der Waals surface area contributed by atoms with Gasteiger partial charge in [0.15, 0.2) is 5.82 Å². The fraction of sp³-hybridized carbons (Fsp3) is 0.824. The van der Waals surface area contributed by atoms with Crippen LogP contribution >= 0.6 is 0 Å². The van der Waals surface area contributed by atoms with Crippen molar-refractivity contribution in [3.63, 3.8) is 0 Å². The highest BCUT2D eigenvalue weighted by molar-refractivity contribution is 5.79. The molecule has 7 nitrogen and oxygen atoms in total. The van der Waals surface area contributed by atoms with Gasteiger partial charge in [-0.05, 0) is 38.5 Å². The first-order valence-corrected chi connectivity index (χ1v) is 8.96. The largest absolute Gasteiger partial charge is 0.393 e. The van der Waals surface area contributed by atoms with Crippen molar-refractivity contribution in [1.82, 2.24) is 15.5 Å². The number of methoxy groups -OCH3 is 1. The zero-order valence-corrected chi connectivity index (χ0v) is 14.0. The number of hydrogen-bond donors (Lipinski definition) is 2. The standard InChI is InChI=1S/C17H25N3O4/c1-23-13-5-10(6-13)16(22)18-8-12-4-11(7-14(12)21)17-19-15(20-24-17)9-2-3-9/h9-14,21H,2-8H2,1H3,(H,18,22)/t10?,11-,12+,13?,14+/m0/s1. The number of carbonyl (C=O) groups excluding carboxylic acids is 1. The van der Waals surface area contributed by atoms with Gasteiger partial charge in [-0.3, -0.25) is 4.79 Å². The summed E-state index contributed by atoms with van der Waals surface area (Å²) in [4.78, 5) is 16.6. The summed E-state index contributed by atoms with van der Waals surface area (Å²) in [5.41, 5.74) is 0. The Morgan fingerprint density at radius 3 is 2.79 bits per heavy atom. The van der Waals surface area contributed by atoms with Crippen LogP contribution in [0.1, 0.15) is 62.1 Å². The van der Waals surface area contributed by atoms with Crippen molar-refractivity contribution in [2.24, 2.45) is 11.8 Å². The van der Waals surface area contributed by atoms with Gasteiger partial charge in [0.05, 0.1) is 12.2 Å². The van der Waals surface area contributed by atoms with Crippen LogP contribution in [-0.2, 0) is 9.53 Å². The molecule has 0 aromatic carbocycles. The highest BCUT2D eigenvalue weighted by Crippen LogP contribution is 2.41. The molecule has 3 aliphatic rings. The summed E-state index contributed by atoms with van der Waals surface area (Å²) in [5, 5.41) is 17.3. The molecule has 132 valence electrons. The molecule has 1 heterocycles. The molecule has 7 heteroatoms. The lowest BCUT2D eigenvalue weighted by Gasteiger charge is -2.33. The molecule has 0 spiro atoms. The number of nitrogens with zero attached hydrogens (tertiary/aromatic N) is 2. The van der Waals surface area contributed by atoms with Crippen molar-refractivity contribution < 1.29 is 19.2 Å². The first-order valence-electron chi connectivity index (χ1n) is 8.96. The lowest BCUT2D eigenvalue weighted by atomic mass is 9.81. The first kappa shape index (κ1) is 16.0. The van der Waals surface area contributed by atoms with Gasteiger partial charge < -0.3 is 19.7 Å². The number of ether oxygens (including phenoxy) is 1. The van der Waals surface area contributed by atoms with Crippen LogP contribution in [-0.4, -0.2) is 47.0 Å². The highest BCUT2D eigenvalue weighted by atomic mass is 16.5. The Bertz CT molecular complexity index is 594. The minimum Gasteiger partial charge on any atom is -0.393 e. The number of amides is 1. The van der Waals surface area contributed by atoms with Gasteiger partial charge in [0.1, 0.15) is 0 Å². The molecule has 3 fully saturated rings. The van der Waals surface area contributed by atoms with Crippen LogP contribution in [0.25, 0.3) is 0 Å². The molecule has 3 aliphatic carbocycles. The third kappa shape index (κ3) is 3.19. The molecule has 24 heavy (non-hydrogen) atoms. The second-order valence-corrected chi connectivity index (χ2v) is 7.53. The van der Waals surface area contributed by atoms with Crippen LogP contribution in [0.15, 0.2) is 4.52 Å². The number of nitrogens with one attached hydrogen (secondary N) is 1. The molecule has 0 bridgehead atoms. The number of aromatic nitrogens is 2. The summed E-state index contributed by atoms with van der Waals surface area (Å²) in [6, 6.07) is 0. The summed E-state index contributed by atoms with van der Waals surface area (Å²) in [6.45, 7) is 0.508. The summed E-state index contributed by atoms with van der Waals surface area (Å²) in [6.07, 6.45) is 5.08. The van der Waals surface area contributed by atoms with Gasteiger partial charge in [-0.15, -0.1) is 0 Å². The predicted octanol–water partition coefficient (Wildman–Crippen LogP) is 1.34. The fourth-order valence-corrected chi connectivity index (χ4v) is 3.79. The van der Waals surface area contributed by atoms with E-state index >= 15 is 0 Å². The van der Waals surface area contributed by atoms with Crippen molar-refractivity contribution in [3.8, 4) is 0 Å². The van der Waals surface area contributed by atoms with E-state index in [1.807, 2.05) is 0 Å². The molecule has 0 unspecified atom stereocenters. The average molecular weight is 335 g/mol. The van der Waals surface area contributed by atoms with E-state index in [9.17, 15) is 9.90 Å². The third-order valence-electron chi connectivity index (χ3n) is 5.74. The van der Waals surface area contributed by atoms with Crippen LogP contribution in [0.5, 0.6) is 0 Å². The summed E-state index contributed by atoms with van der Waals surface area (Å²) >= 11 is 0. The topological polar surface area (TPSA) is 97.5 Å². The fourth-order valence-electron chi connectivity index (χ4n) is 3.79. The second kappa shape index (κ2) is 6.44. The molecule has 4 rings (SSSR count). The Labute approximate surface area is 141 Å². The average Bonchev–Trinajstić information content (AvgIpc) is 3.14. The Hall–Kier alpha value is -1.47.